The summed E-state index contributed by atoms with van der Waals surface area (Å²) in [4.78, 5) is 2.42. The fraction of sp³-hybridized carbons (Fsp3) is 0.500. The lowest BCUT2D eigenvalue weighted by Crippen LogP contribution is -2.49. The fourth-order valence-electron chi connectivity index (χ4n) is 2.01. The Hall–Kier alpha value is 0.01000. The summed E-state index contributed by atoms with van der Waals surface area (Å²) in [7, 11) is 0. The highest BCUT2D eigenvalue weighted by molar-refractivity contribution is 6.42. The number of rotatable bonds is 2. The van der Waals surface area contributed by atoms with Crippen LogP contribution in [0.4, 0.5) is 0 Å². The fourth-order valence-corrected chi connectivity index (χ4v) is 2.39. The van der Waals surface area contributed by atoms with Gasteiger partial charge in [-0.1, -0.05) is 35.3 Å². The van der Waals surface area contributed by atoms with Crippen LogP contribution in [0.2, 0.25) is 10.0 Å². The van der Waals surface area contributed by atoms with E-state index in [9.17, 15) is 0 Å². The van der Waals surface area contributed by atoms with E-state index in [0.29, 0.717) is 16.1 Å². The van der Waals surface area contributed by atoms with Crippen LogP contribution in [-0.2, 0) is 6.54 Å². The molecule has 0 amide bonds. The van der Waals surface area contributed by atoms with Crippen molar-refractivity contribution in [3.05, 3.63) is 33.8 Å². The molecule has 0 saturated carbocycles. The number of hydrogen-bond acceptors (Lipinski definition) is 2. The number of piperazine rings is 1. The third-order valence-corrected chi connectivity index (χ3v) is 3.90. The minimum atomic E-state index is 0. The normalized spacial score (nSPS) is 21.0. The first kappa shape index (κ1) is 15.1. The second-order valence-corrected chi connectivity index (χ2v) is 5.02. The molecular weight excluding hydrogens is 279 g/mol. The van der Waals surface area contributed by atoms with Crippen molar-refractivity contribution in [2.45, 2.75) is 19.5 Å². The van der Waals surface area contributed by atoms with E-state index < -0.39 is 0 Å². The molecule has 1 N–H and O–H groups in total. The van der Waals surface area contributed by atoms with Gasteiger partial charge in [0.25, 0.3) is 0 Å². The van der Waals surface area contributed by atoms with Crippen molar-refractivity contribution in [2.75, 3.05) is 19.6 Å². The maximum atomic E-state index is 6.19. The van der Waals surface area contributed by atoms with E-state index in [-0.39, 0.29) is 12.4 Å². The molecule has 1 aliphatic heterocycles. The Kier molecular flexibility index (Phi) is 6.04. The van der Waals surface area contributed by atoms with Crippen LogP contribution in [0.1, 0.15) is 12.5 Å². The van der Waals surface area contributed by atoms with Crippen molar-refractivity contribution >= 4 is 35.6 Å². The van der Waals surface area contributed by atoms with E-state index in [1.165, 1.54) is 0 Å². The van der Waals surface area contributed by atoms with E-state index in [1.54, 1.807) is 0 Å². The van der Waals surface area contributed by atoms with Crippen molar-refractivity contribution in [3.8, 4) is 0 Å². The van der Waals surface area contributed by atoms with Gasteiger partial charge in [0.2, 0.25) is 0 Å². The molecule has 5 heteroatoms. The van der Waals surface area contributed by atoms with Crippen molar-refractivity contribution in [2.24, 2.45) is 0 Å². The third kappa shape index (κ3) is 3.73. The number of benzene rings is 1. The molecule has 1 aliphatic rings. The molecule has 2 nitrogen and oxygen atoms in total. The van der Waals surface area contributed by atoms with E-state index in [1.807, 2.05) is 18.2 Å². The van der Waals surface area contributed by atoms with Gasteiger partial charge in [0.05, 0.1) is 10.0 Å². The lowest BCUT2D eigenvalue weighted by molar-refractivity contribution is 0.165. The van der Waals surface area contributed by atoms with Crippen LogP contribution in [0.15, 0.2) is 18.2 Å². The predicted molar refractivity (Wildman–Crippen MR) is 76.5 cm³/mol. The molecule has 0 spiro atoms. The zero-order valence-electron chi connectivity index (χ0n) is 9.75. The Labute approximate surface area is 119 Å². The lowest BCUT2D eigenvalue weighted by Gasteiger charge is -2.34. The van der Waals surface area contributed by atoms with E-state index >= 15 is 0 Å². The second-order valence-electron chi connectivity index (χ2n) is 4.24. The highest BCUT2D eigenvalue weighted by Crippen LogP contribution is 2.27. The van der Waals surface area contributed by atoms with Crippen LogP contribution in [0, 0.1) is 0 Å². The Balaban J connectivity index is 0.00000144. The minimum Gasteiger partial charge on any atom is -0.314 e. The Morgan fingerprint density at radius 2 is 2.18 bits per heavy atom. The van der Waals surface area contributed by atoms with Crippen molar-refractivity contribution < 1.29 is 0 Å². The molecule has 1 fully saturated rings. The monoisotopic (exact) mass is 294 g/mol. The zero-order chi connectivity index (χ0) is 11.5. The zero-order valence-corrected chi connectivity index (χ0v) is 12.1. The van der Waals surface area contributed by atoms with E-state index in [0.717, 1.165) is 31.7 Å². The van der Waals surface area contributed by atoms with Gasteiger partial charge in [-0.2, -0.15) is 0 Å². The molecule has 1 atom stereocenters. The summed E-state index contributed by atoms with van der Waals surface area (Å²) in [6.07, 6.45) is 0. The second kappa shape index (κ2) is 6.81. The first-order valence-electron chi connectivity index (χ1n) is 5.56. The summed E-state index contributed by atoms with van der Waals surface area (Å²) in [5.41, 5.74) is 1.11. The number of hydrogen-bond donors (Lipinski definition) is 1. The molecule has 0 radical (unpaired) electrons. The molecule has 1 aromatic carbocycles. The summed E-state index contributed by atoms with van der Waals surface area (Å²) in [6.45, 7) is 6.25. The van der Waals surface area contributed by atoms with Gasteiger partial charge in [-0.05, 0) is 18.6 Å². The van der Waals surface area contributed by atoms with Crippen LogP contribution in [0.5, 0.6) is 0 Å². The largest absolute Gasteiger partial charge is 0.314 e. The molecular formula is C12H17Cl3N2. The van der Waals surface area contributed by atoms with Crippen LogP contribution in [0.3, 0.4) is 0 Å². The van der Waals surface area contributed by atoms with Crippen LogP contribution in [-0.4, -0.2) is 30.6 Å². The summed E-state index contributed by atoms with van der Waals surface area (Å²) >= 11 is 12.2. The number of nitrogens with one attached hydrogen (secondary N) is 1. The quantitative estimate of drug-likeness (QED) is 0.901. The Bertz CT molecular complexity index is 371. The SMILES string of the molecule is C[C@H]1CNCCN1Cc1cccc(Cl)c1Cl.Cl. The van der Waals surface area contributed by atoms with Crippen molar-refractivity contribution in [1.29, 1.82) is 0 Å². The standard InChI is InChI=1S/C12H16Cl2N2.ClH/c1-9-7-15-5-6-16(9)8-10-3-2-4-11(13)12(10)14;/h2-4,9,15H,5-8H2,1H3;1H/t9-;/m0./s1. The van der Waals surface area contributed by atoms with Gasteiger partial charge >= 0.3 is 0 Å². The summed E-state index contributed by atoms with van der Waals surface area (Å²) in [5.74, 6) is 0. The summed E-state index contributed by atoms with van der Waals surface area (Å²) < 4.78 is 0. The van der Waals surface area contributed by atoms with Crippen LogP contribution < -0.4 is 5.32 Å². The highest BCUT2D eigenvalue weighted by Gasteiger charge is 2.18. The smallest absolute Gasteiger partial charge is 0.0637 e. The van der Waals surface area contributed by atoms with E-state index in [4.69, 9.17) is 23.2 Å². The maximum Gasteiger partial charge on any atom is 0.0637 e. The molecule has 1 aromatic rings. The van der Waals surface area contributed by atoms with Gasteiger partial charge in [0.15, 0.2) is 0 Å². The Morgan fingerprint density at radius 3 is 2.88 bits per heavy atom. The molecule has 2 rings (SSSR count). The molecule has 0 unspecified atom stereocenters. The molecule has 1 saturated heterocycles. The molecule has 96 valence electrons. The lowest BCUT2D eigenvalue weighted by atomic mass is 10.1. The Morgan fingerprint density at radius 1 is 1.41 bits per heavy atom. The van der Waals surface area contributed by atoms with E-state index in [2.05, 4.69) is 17.1 Å². The minimum absolute atomic E-state index is 0. The van der Waals surface area contributed by atoms with Crippen LogP contribution in [0.25, 0.3) is 0 Å². The first-order chi connectivity index (χ1) is 7.68. The van der Waals surface area contributed by atoms with Gasteiger partial charge in [-0.25, -0.2) is 0 Å². The average molecular weight is 296 g/mol. The number of nitrogens with zero attached hydrogens (tertiary/aromatic N) is 1. The first-order valence-corrected chi connectivity index (χ1v) is 6.31. The molecule has 1 heterocycles. The highest BCUT2D eigenvalue weighted by atomic mass is 35.5. The maximum absolute atomic E-state index is 6.19. The molecule has 0 aromatic heterocycles. The van der Waals surface area contributed by atoms with Crippen molar-refractivity contribution in [3.63, 3.8) is 0 Å². The molecule has 17 heavy (non-hydrogen) atoms. The van der Waals surface area contributed by atoms with Gasteiger partial charge in [-0.3, -0.25) is 4.90 Å². The van der Waals surface area contributed by atoms with Gasteiger partial charge in [-0.15, -0.1) is 12.4 Å². The van der Waals surface area contributed by atoms with Gasteiger partial charge < -0.3 is 5.32 Å². The van der Waals surface area contributed by atoms with Gasteiger partial charge in [0.1, 0.15) is 0 Å². The number of halogens is 3. The van der Waals surface area contributed by atoms with Crippen LogP contribution >= 0.6 is 35.6 Å². The molecule has 0 bridgehead atoms. The topological polar surface area (TPSA) is 15.3 Å². The summed E-state index contributed by atoms with van der Waals surface area (Å²) in [5, 5.41) is 4.71. The average Bonchev–Trinajstić information content (AvgIpc) is 2.28. The van der Waals surface area contributed by atoms with Crippen molar-refractivity contribution in [1.82, 2.24) is 10.2 Å². The summed E-state index contributed by atoms with van der Waals surface area (Å²) in [6, 6.07) is 6.37. The van der Waals surface area contributed by atoms with Gasteiger partial charge in [0, 0.05) is 32.2 Å². The third-order valence-electron chi connectivity index (χ3n) is 3.04. The molecule has 0 aliphatic carbocycles. The predicted octanol–water partition coefficient (Wildman–Crippen LogP) is 3.21.